The standard InChI is InChI=1S/C38H43N7O10/c1-22(40-33(47)23(2)41-36(50)54-21-30-28-9-5-3-7-26(28)27-8-4-6-10-29(27)30)34(48)43-31(19-32(39)46)35(49)42-25-13-11-24(12-14-25)20-55-38(53)45-17-15-44(16-18-45)37(51)52/h3-14,22-23,30-31H,15-21H2,1-2H3,(H2,39,46)(H,40,47)(H,41,50)(H,42,49)(H,43,48)(H,51,52)/t22-,23+,31-/m1/s1. The van der Waals surface area contributed by atoms with E-state index >= 15 is 0 Å². The first kappa shape index (κ1) is 39.6. The molecule has 1 aliphatic carbocycles. The van der Waals surface area contributed by atoms with Crippen molar-refractivity contribution in [3.63, 3.8) is 0 Å². The number of carbonyl (C=O) groups excluding carboxylic acids is 6. The molecule has 290 valence electrons. The van der Waals surface area contributed by atoms with Gasteiger partial charge in [-0.05, 0) is 53.8 Å². The van der Waals surface area contributed by atoms with E-state index in [-0.39, 0.29) is 45.3 Å². The number of alkyl carbamates (subject to hydrolysis) is 1. The van der Waals surface area contributed by atoms with Gasteiger partial charge in [-0.25, -0.2) is 14.4 Å². The minimum Gasteiger partial charge on any atom is -0.465 e. The van der Waals surface area contributed by atoms with Crippen LogP contribution in [0.4, 0.5) is 20.1 Å². The van der Waals surface area contributed by atoms with Gasteiger partial charge in [-0.3, -0.25) is 19.2 Å². The number of primary amides is 1. The molecule has 0 radical (unpaired) electrons. The summed E-state index contributed by atoms with van der Waals surface area (Å²) in [4.78, 5) is 89.5. The maximum absolute atomic E-state index is 13.1. The average Bonchev–Trinajstić information content (AvgIpc) is 3.49. The number of hydrogen-bond acceptors (Lipinski definition) is 9. The normalized spacial score (nSPS) is 14.9. The molecule has 1 heterocycles. The Labute approximate surface area is 316 Å². The Morgan fingerprint density at radius 3 is 1.85 bits per heavy atom. The molecular weight excluding hydrogens is 714 g/mol. The smallest absolute Gasteiger partial charge is 0.410 e. The molecule has 7 amide bonds. The minimum absolute atomic E-state index is 0.0483. The van der Waals surface area contributed by atoms with Crippen LogP contribution >= 0.6 is 0 Å². The van der Waals surface area contributed by atoms with Crippen molar-refractivity contribution in [2.24, 2.45) is 5.73 Å². The number of ether oxygens (including phenoxy) is 2. The highest BCUT2D eigenvalue weighted by atomic mass is 16.6. The highest BCUT2D eigenvalue weighted by Crippen LogP contribution is 2.44. The summed E-state index contributed by atoms with van der Waals surface area (Å²) in [7, 11) is 0. The molecule has 3 atom stereocenters. The van der Waals surface area contributed by atoms with Crippen LogP contribution in [0, 0.1) is 0 Å². The number of amides is 7. The van der Waals surface area contributed by atoms with Gasteiger partial charge in [0.15, 0.2) is 0 Å². The molecule has 1 fully saturated rings. The summed E-state index contributed by atoms with van der Waals surface area (Å²) in [5.41, 5.74) is 10.5. The van der Waals surface area contributed by atoms with E-state index in [0.29, 0.717) is 11.3 Å². The van der Waals surface area contributed by atoms with Crippen LogP contribution < -0.4 is 27.0 Å². The Bertz CT molecular complexity index is 1880. The minimum atomic E-state index is -1.39. The first-order valence-electron chi connectivity index (χ1n) is 17.6. The number of piperazine rings is 1. The third-order valence-corrected chi connectivity index (χ3v) is 9.25. The van der Waals surface area contributed by atoms with E-state index in [2.05, 4.69) is 21.3 Å². The third-order valence-electron chi connectivity index (χ3n) is 9.25. The molecule has 55 heavy (non-hydrogen) atoms. The van der Waals surface area contributed by atoms with E-state index in [4.69, 9.17) is 20.3 Å². The number of nitrogens with one attached hydrogen (secondary N) is 4. The number of carboxylic acid groups (broad SMARTS) is 1. The fourth-order valence-corrected chi connectivity index (χ4v) is 6.22. The molecule has 5 rings (SSSR count). The molecule has 17 nitrogen and oxygen atoms in total. The molecule has 0 bridgehead atoms. The zero-order chi connectivity index (χ0) is 39.6. The Balaban J connectivity index is 1.06. The van der Waals surface area contributed by atoms with Gasteiger partial charge >= 0.3 is 18.3 Å². The summed E-state index contributed by atoms with van der Waals surface area (Å²) in [5, 5.41) is 19.0. The van der Waals surface area contributed by atoms with Gasteiger partial charge in [0.05, 0.1) is 6.42 Å². The van der Waals surface area contributed by atoms with E-state index in [1.54, 1.807) is 12.1 Å². The quantitative estimate of drug-likeness (QED) is 0.149. The molecule has 0 aromatic heterocycles. The highest BCUT2D eigenvalue weighted by molar-refractivity contribution is 6.00. The van der Waals surface area contributed by atoms with Crippen molar-refractivity contribution in [2.45, 2.75) is 50.9 Å². The van der Waals surface area contributed by atoms with E-state index in [1.165, 1.54) is 35.8 Å². The van der Waals surface area contributed by atoms with E-state index < -0.39 is 66.5 Å². The van der Waals surface area contributed by atoms with E-state index in [0.717, 1.165) is 22.3 Å². The summed E-state index contributed by atoms with van der Waals surface area (Å²) < 4.78 is 10.8. The van der Waals surface area contributed by atoms with Gasteiger partial charge < -0.3 is 51.4 Å². The molecule has 1 aliphatic heterocycles. The molecule has 1 saturated heterocycles. The van der Waals surface area contributed by atoms with Crippen molar-refractivity contribution in [3.8, 4) is 11.1 Å². The fourth-order valence-electron chi connectivity index (χ4n) is 6.22. The number of benzene rings is 3. The van der Waals surface area contributed by atoms with Crippen LogP contribution in [0.25, 0.3) is 11.1 Å². The molecule has 7 N–H and O–H groups in total. The maximum atomic E-state index is 13.1. The largest absolute Gasteiger partial charge is 0.465 e. The summed E-state index contributed by atoms with van der Waals surface area (Å²) in [6.07, 6.45) is -2.98. The lowest BCUT2D eigenvalue weighted by Gasteiger charge is -2.32. The van der Waals surface area contributed by atoms with E-state index in [1.807, 2.05) is 48.5 Å². The lowest BCUT2D eigenvalue weighted by Crippen LogP contribution is -2.55. The molecular formula is C38H43N7O10. The monoisotopic (exact) mass is 757 g/mol. The second-order valence-electron chi connectivity index (χ2n) is 13.2. The van der Waals surface area contributed by atoms with Crippen LogP contribution in [0.3, 0.4) is 0 Å². The van der Waals surface area contributed by atoms with Crippen molar-refractivity contribution >= 4 is 47.6 Å². The topological polar surface area (TPSA) is 239 Å². The fraction of sp³-hybridized carbons (Fsp3) is 0.342. The van der Waals surface area contributed by atoms with Crippen molar-refractivity contribution in [1.29, 1.82) is 0 Å². The van der Waals surface area contributed by atoms with Crippen LogP contribution in [0.2, 0.25) is 0 Å². The number of fused-ring (bicyclic) bond motifs is 3. The zero-order valence-corrected chi connectivity index (χ0v) is 30.3. The van der Waals surface area contributed by atoms with Crippen molar-refractivity contribution in [2.75, 3.05) is 38.1 Å². The van der Waals surface area contributed by atoms with Crippen LogP contribution in [-0.4, -0.2) is 108 Å². The maximum Gasteiger partial charge on any atom is 0.410 e. The summed E-state index contributed by atoms with van der Waals surface area (Å²) in [5.74, 6) is -3.27. The second-order valence-corrected chi connectivity index (χ2v) is 13.2. The predicted molar refractivity (Wildman–Crippen MR) is 197 cm³/mol. The number of rotatable bonds is 13. The number of nitrogens with zero attached hydrogens (tertiary/aromatic N) is 2. The molecule has 0 saturated carbocycles. The lowest BCUT2D eigenvalue weighted by molar-refractivity contribution is -0.132. The van der Waals surface area contributed by atoms with E-state index in [9.17, 15) is 33.6 Å². The number of anilines is 1. The zero-order valence-electron chi connectivity index (χ0n) is 30.3. The molecule has 0 spiro atoms. The van der Waals surface area contributed by atoms with Crippen molar-refractivity contribution < 1.29 is 48.1 Å². The van der Waals surface area contributed by atoms with Gasteiger partial charge in [0.25, 0.3) is 0 Å². The molecule has 3 aromatic carbocycles. The molecule has 3 aromatic rings. The average molecular weight is 758 g/mol. The van der Waals surface area contributed by atoms with Crippen LogP contribution in [0.15, 0.2) is 72.8 Å². The van der Waals surface area contributed by atoms with Gasteiger partial charge in [-0.15, -0.1) is 0 Å². The van der Waals surface area contributed by atoms with Crippen molar-refractivity contribution in [3.05, 3.63) is 89.5 Å². The third kappa shape index (κ3) is 10.3. The highest BCUT2D eigenvalue weighted by Gasteiger charge is 2.31. The first-order valence-corrected chi connectivity index (χ1v) is 17.6. The summed E-state index contributed by atoms with van der Waals surface area (Å²) in [6.45, 7) is 3.56. The summed E-state index contributed by atoms with van der Waals surface area (Å²) >= 11 is 0. The summed E-state index contributed by atoms with van der Waals surface area (Å²) in [6, 6.07) is 18.4. The second kappa shape index (κ2) is 17.9. The number of nitrogens with two attached hydrogens (primary N) is 1. The Morgan fingerprint density at radius 1 is 0.727 bits per heavy atom. The van der Waals surface area contributed by atoms with Crippen LogP contribution in [0.5, 0.6) is 0 Å². The molecule has 2 aliphatic rings. The van der Waals surface area contributed by atoms with Crippen LogP contribution in [-0.2, 0) is 35.3 Å². The number of hydrogen-bond donors (Lipinski definition) is 6. The Hall–Kier alpha value is -6.65. The van der Waals surface area contributed by atoms with Gasteiger partial charge in [0, 0.05) is 37.8 Å². The Kier molecular flexibility index (Phi) is 12.9. The Morgan fingerprint density at radius 2 is 1.27 bits per heavy atom. The van der Waals surface area contributed by atoms with Gasteiger partial charge in [-0.2, -0.15) is 0 Å². The van der Waals surface area contributed by atoms with Gasteiger partial charge in [0.2, 0.25) is 23.6 Å². The van der Waals surface area contributed by atoms with Crippen molar-refractivity contribution in [1.82, 2.24) is 25.8 Å². The first-order chi connectivity index (χ1) is 26.3. The number of carbonyl (C=O) groups is 7. The van der Waals surface area contributed by atoms with Gasteiger partial charge in [0.1, 0.15) is 31.3 Å². The SMILES string of the molecule is C[C@H](NC(=O)OCC1c2ccccc2-c2ccccc21)C(=O)N[C@H](C)C(=O)N[C@H](CC(N)=O)C(=O)Nc1ccc(COC(=O)N2CCN(C(=O)O)CC2)cc1. The van der Waals surface area contributed by atoms with Gasteiger partial charge in [-0.1, -0.05) is 60.7 Å². The molecule has 17 heteroatoms. The molecule has 0 unspecified atom stereocenters. The predicted octanol–water partition coefficient (Wildman–Crippen LogP) is 2.35. The van der Waals surface area contributed by atoms with Crippen LogP contribution in [0.1, 0.15) is 42.9 Å². The lowest BCUT2D eigenvalue weighted by atomic mass is 9.98.